The van der Waals surface area contributed by atoms with Gasteiger partial charge in [0.1, 0.15) is 0 Å². The van der Waals surface area contributed by atoms with Gasteiger partial charge in [-0.15, -0.1) is 0 Å². The smallest absolute Gasteiger partial charge is 0.330 e. The molecule has 0 aliphatic rings. The number of hydrogen-bond donors (Lipinski definition) is 6. The summed E-state index contributed by atoms with van der Waals surface area (Å²) in [7, 11) is 0. The molecule has 0 heterocycles. The standard InChI is InChI=1S/C6H14O3.3C4H6O2.C4H10/c1-2-6(3-7,4-8)5-9;3*1-3(2)4(5)6;1-3-4-2/h7-9H,2-5H2,1H3;3*1H2,2H3,(H,5,6);3-4H2,1-2H3. The molecule has 0 aromatic carbocycles. The van der Waals surface area contributed by atoms with Crippen LogP contribution in [0, 0.1) is 5.41 Å². The Morgan fingerprint density at radius 3 is 0.774 bits per heavy atom. The van der Waals surface area contributed by atoms with Crippen LogP contribution in [0.5, 0.6) is 0 Å². The van der Waals surface area contributed by atoms with E-state index in [0.29, 0.717) is 6.42 Å². The lowest BCUT2D eigenvalue weighted by Gasteiger charge is -2.24. The second kappa shape index (κ2) is 25.5. The van der Waals surface area contributed by atoms with E-state index in [4.69, 9.17) is 30.6 Å². The van der Waals surface area contributed by atoms with Gasteiger partial charge in [0, 0.05) is 22.1 Å². The van der Waals surface area contributed by atoms with Gasteiger partial charge in [0.15, 0.2) is 0 Å². The predicted molar refractivity (Wildman–Crippen MR) is 122 cm³/mol. The number of rotatable bonds is 8. The van der Waals surface area contributed by atoms with Crippen LogP contribution in [0.15, 0.2) is 36.5 Å². The van der Waals surface area contributed by atoms with Crippen molar-refractivity contribution in [1.29, 1.82) is 0 Å². The Morgan fingerprint density at radius 1 is 0.613 bits per heavy atom. The summed E-state index contributed by atoms with van der Waals surface area (Å²) < 4.78 is 0. The molecule has 0 aromatic heterocycles. The highest BCUT2D eigenvalue weighted by atomic mass is 16.4. The zero-order valence-electron chi connectivity index (χ0n) is 19.8. The number of carboxylic acid groups (broad SMARTS) is 3. The Labute approximate surface area is 186 Å². The van der Waals surface area contributed by atoms with Gasteiger partial charge in [-0.1, -0.05) is 53.3 Å². The fourth-order valence-corrected chi connectivity index (χ4v) is 0.485. The number of hydrogen-bond acceptors (Lipinski definition) is 6. The summed E-state index contributed by atoms with van der Waals surface area (Å²) in [6, 6.07) is 0. The van der Waals surface area contributed by atoms with Crippen molar-refractivity contribution < 1.29 is 45.0 Å². The SMILES string of the molecule is C=C(C)C(=O)O.C=C(C)C(=O)O.C=C(C)C(=O)O.CCC(CO)(CO)CO.CCCC. The third-order valence-corrected chi connectivity index (χ3v) is 3.35. The van der Waals surface area contributed by atoms with Crippen molar-refractivity contribution in [1.82, 2.24) is 0 Å². The number of carbonyl (C=O) groups is 3. The largest absolute Gasteiger partial charge is 0.478 e. The van der Waals surface area contributed by atoms with E-state index in [9.17, 15) is 14.4 Å². The normalized spacial score (nSPS) is 8.81. The molecular formula is C22H42O9. The van der Waals surface area contributed by atoms with Crippen LogP contribution < -0.4 is 0 Å². The fourth-order valence-electron chi connectivity index (χ4n) is 0.485. The molecule has 0 atom stereocenters. The van der Waals surface area contributed by atoms with Crippen LogP contribution in [-0.4, -0.2) is 68.4 Å². The Bertz CT molecular complexity index is 421. The van der Waals surface area contributed by atoms with E-state index in [1.165, 1.54) is 33.6 Å². The third-order valence-electron chi connectivity index (χ3n) is 3.35. The minimum absolute atomic E-state index is 0.156. The van der Waals surface area contributed by atoms with Crippen molar-refractivity contribution in [3.05, 3.63) is 36.5 Å². The Balaban J connectivity index is -0.0000000931. The molecule has 0 fully saturated rings. The highest BCUT2D eigenvalue weighted by Gasteiger charge is 2.24. The van der Waals surface area contributed by atoms with E-state index in [1.54, 1.807) is 0 Å². The average molecular weight is 451 g/mol. The lowest BCUT2D eigenvalue weighted by atomic mass is 9.88. The first-order valence-electron chi connectivity index (χ1n) is 9.58. The van der Waals surface area contributed by atoms with E-state index in [1.807, 2.05) is 6.92 Å². The highest BCUT2D eigenvalue weighted by Crippen LogP contribution is 2.18. The van der Waals surface area contributed by atoms with Crippen molar-refractivity contribution in [2.75, 3.05) is 19.8 Å². The maximum atomic E-state index is 9.60. The summed E-state index contributed by atoms with van der Waals surface area (Å²) in [5, 5.41) is 49.6. The molecule has 0 saturated carbocycles. The molecule has 0 aliphatic carbocycles. The topological polar surface area (TPSA) is 173 Å². The molecule has 9 heteroatoms. The first-order valence-corrected chi connectivity index (χ1v) is 9.58. The van der Waals surface area contributed by atoms with Crippen LogP contribution in [-0.2, 0) is 14.4 Å². The molecule has 6 N–H and O–H groups in total. The van der Waals surface area contributed by atoms with Crippen LogP contribution in [0.2, 0.25) is 0 Å². The van der Waals surface area contributed by atoms with Crippen LogP contribution in [0.25, 0.3) is 0 Å². The molecule has 0 spiro atoms. The van der Waals surface area contributed by atoms with Crippen LogP contribution in [0.4, 0.5) is 0 Å². The summed E-state index contributed by atoms with van der Waals surface area (Å²) in [5.41, 5.74) is -0.139. The number of carboxylic acids is 3. The number of aliphatic hydroxyl groups excluding tert-OH is 3. The molecule has 0 rings (SSSR count). The van der Waals surface area contributed by atoms with Gasteiger partial charge in [-0.05, 0) is 27.2 Å². The average Bonchev–Trinajstić information content (AvgIpc) is 2.71. The number of aliphatic carboxylic acids is 3. The molecule has 31 heavy (non-hydrogen) atoms. The van der Waals surface area contributed by atoms with E-state index >= 15 is 0 Å². The van der Waals surface area contributed by atoms with Crippen molar-refractivity contribution in [3.8, 4) is 0 Å². The molecule has 0 bridgehead atoms. The van der Waals surface area contributed by atoms with Crippen LogP contribution in [0.3, 0.4) is 0 Å². The lowest BCUT2D eigenvalue weighted by molar-refractivity contribution is -0.133. The Kier molecular flexibility index (Phi) is 32.2. The second-order valence-electron chi connectivity index (χ2n) is 6.58. The second-order valence-corrected chi connectivity index (χ2v) is 6.58. The molecule has 0 saturated heterocycles. The number of unbranched alkanes of at least 4 members (excludes halogenated alkanes) is 1. The van der Waals surface area contributed by atoms with E-state index in [2.05, 4.69) is 33.6 Å². The van der Waals surface area contributed by atoms with Gasteiger partial charge in [-0.3, -0.25) is 0 Å². The minimum Gasteiger partial charge on any atom is -0.478 e. The third kappa shape index (κ3) is 35.3. The molecule has 0 radical (unpaired) electrons. The summed E-state index contributed by atoms with van der Waals surface area (Å²) in [4.78, 5) is 28.8. The highest BCUT2D eigenvalue weighted by molar-refractivity contribution is 5.85. The van der Waals surface area contributed by atoms with Crippen molar-refractivity contribution >= 4 is 17.9 Å². The summed E-state index contributed by atoms with van der Waals surface area (Å²) in [6.45, 7) is 19.5. The van der Waals surface area contributed by atoms with Gasteiger partial charge in [0.05, 0.1) is 19.8 Å². The van der Waals surface area contributed by atoms with Crippen LogP contribution >= 0.6 is 0 Å². The molecule has 0 amide bonds. The maximum absolute atomic E-state index is 9.60. The van der Waals surface area contributed by atoms with Gasteiger partial charge in [0.2, 0.25) is 0 Å². The number of aliphatic hydroxyl groups is 3. The van der Waals surface area contributed by atoms with Crippen molar-refractivity contribution in [2.45, 2.75) is 60.8 Å². The zero-order chi connectivity index (χ0) is 26.2. The zero-order valence-corrected chi connectivity index (χ0v) is 19.8. The molecule has 0 aromatic rings. The monoisotopic (exact) mass is 450 g/mol. The summed E-state index contributed by atoms with van der Waals surface area (Å²) in [5.74, 6) is -2.81. The first kappa shape index (κ1) is 39.0. The summed E-state index contributed by atoms with van der Waals surface area (Å²) >= 11 is 0. The van der Waals surface area contributed by atoms with Gasteiger partial charge in [-0.2, -0.15) is 0 Å². The van der Waals surface area contributed by atoms with E-state index < -0.39 is 23.3 Å². The maximum Gasteiger partial charge on any atom is 0.330 e. The van der Waals surface area contributed by atoms with Gasteiger partial charge >= 0.3 is 17.9 Å². The van der Waals surface area contributed by atoms with E-state index in [-0.39, 0.29) is 36.5 Å². The first-order chi connectivity index (χ1) is 14.1. The van der Waals surface area contributed by atoms with E-state index in [0.717, 1.165) is 0 Å². The van der Waals surface area contributed by atoms with Crippen LogP contribution in [0.1, 0.15) is 60.8 Å². The van der Waals surface area contributed by atoms with Gasteiger partial charge in [-0.25, -0.2) is 14.4 Å². The minimum atomic E-state index is -0.935. The Hall–Kier alpha value is -2.49. The molecule has 184 valence electrons. The molecule has 9 nitrogen and oxygen atoms in total. The molecule has 0 unspecified atom stereocenters. The quantitative estimate of drug-likeness (QED) is 0.304. The lowest BCUT2D eigenvalue weighted by Crippen LogP contribution is -2.32. The Morgan fingerprint density at radius 2 is 0.774 bits per heavy atom. The fraction of sp³-hybridized carbons (Fsp3) is 0.591. The van der Waals surface area contributed by atoms with Gasteiger partial charge < -0.3 is 30.6 Å². The van der Waals surface area contributed by atoms with Gasteiger partial charge in [0.25, 0.3) is 0 Å². The van der Waals surface area contributed by atoms with Crippen molar-refractivity contribution in [2.24, 2.45) is 5.41 Å². The molecular weight excluding hydrogens is 408 g/mol. The predicted octanol–water partition coefficient (Wildman–Crippen LogP) is 3.11. The molecule has 0 aliphatic heterocycles. The summed E-state index contributed by atoms with van der Waals surface area (Å²) in [6.07, 6.45) is 3.23. The van der Waals surface area contributed by atoms with Crippen molar-refractivity contribution in [3.63, 3.8) is 0 Å².